The van der Waals surface area contributed by atoms with E-state index >= 15 is 0 Å². The standard InChI is InChI=1S/C19H25N/c1-19(2,3)14-15-20-18(16-10-6-4-7-11-16)17-12-8-5-9-13-17/h4-13,18,20H,14-15H2,1-3H3. The molecule has 2 aromatic carbocycles. The second-order valence-electron chi connectivity index (χ2n) is 6.52. The lowest BCUT2D eigenvalue weighted by Crippen LogP contribution is -2.26. The van der Waals surface area contributed by atoms with E-state index in [0.717, 1.165) is 6.54 Å². The monoisotopic (exact) mass is 267 g/mol. The van der Waals surface area contributed by atoms with Crippen LogP contribution in [0.25, 0.3) is 0 Å². The van der Waals surface area contributed by atoms with Gasteiger partial charge in [0.05, 0.1) is 6.04 Å². The molecule has 0 fully saturated rings. The van der Waals surface area contributed by atoms with Gasteiger partial charge in [-0.3, -0.25) is 0 Å². The average molecular weight is 267 g/mol. The first-order chi connectivity index (χ1) is 9.56. The smallest absolute Gasteiger partial charge is 0.0576 e. The van der Waals surface area contributed by atoms with Crippen LogP contribution in [0, 0.1) is 5.41 Å². The summed E-state index contributed by atoms with van der Waals surface area (Å²) in [5.74, 6) is 0. The molecule has 20 heavy (non-hydrogen) atoms. The molecule has 0 saturated heterocycles. The summed E-state index contributed by atoms with van der Waals surface area (Å²) in [6.07, 6.45) is 1.17. The van der Waals surface area contributed by atoms with Crippen molar-refractivity contribution in [2.45, 2.75) is 33.2 Å². The molecule has 2 aromatic rings. The van der Waals surface area contributed by atoms with Crippen molar-refractivity contribution in [1.82, 2.24) is 5.32 Å². The van der Waals surface area contributed by atoms with Gasteiger partial charge < -0.3 is 5.32 Å². The lowest BCUT2D eigenvalue weighted by molar-refractivity contribution is 0.361. The van der Waals surface area contributed by atoms with Crippen molar-refractivity contribution in [1.29, 1.82) is 0 Å². The SMILES string of the molecule is CC(C)(C)CCNC(c1ccccc1)c1ccccc1. The van der Waals surface area contributed by atoms with E-state index in [4.69, 9.17) is 0 Å². The number of hydrogen-bond acceptors (Lipinski definition) is 1. The van der Waals surface area contributed by atoms with Gasteiger partial charge in [0, 0.05) is 0 Å². The van der Waals surface area contributed by atoms with Crippen LogP contribution in [0.5, 0.6) is 0 Å². The summed E-state index contributed by atoms with van der Waals surface area (Å²) in [4.78, 5) is 0. The van der Waals surface area contributed by atoms with Crippen molar-refractivity contribution in [3.8, 4) is 0 Å². The molecule has 0 atom stereocenters. The van der Waals surface area contributed by atoms with Gasteiger partial charge in [0.2, 0.25) is 0 Å². The predicted molar refractivity (Wildman–Crippen MR) is 86.8 cm³/mol. The highest BCUT2D eigenvalue weighted by molar-refractivity contribution is 5.31. The maximum Gasteiger partial charge on any atom is 0.0576 e. The Morgan fingerprint density at radius 2 is 1.25 bits per heavy atom. The van der Waals surface area contributed by atoms with E-state index in [1.807, 2.05) is 0 Å². The van der Waals surface area contributed by atoms with Gasteiger partial charge in [-0.2, -0.15) is 0 Å². The molecular weight excluding hydrogens is 242 g/mol. The molecule has 0 saturated carbocycles. The summed E-state index contributed by atoms with van der Waals surface area (Å²) in [7, 11) is 0. The minimum Gasteiger partial charge on any atom is -0.306 e. The van der Waals surface area contributed by atoms with Crippen LogP contribution in [-0.4, -0.2) is 6.54 Å². The molecule has 0 aromatic heterocycles. The first-order valence-electron chi connectivity index (χ1n) is 7.39. The van der Waals surface area contributed by atoms with Crippen molar-refractivity contribution in [3.05, 3.63) is 71.8 Å². The van der Waals surface area contributed by atoms with Crippen molar-refractivity contribution >= 4 is 0 Å². The molecule has 0 aliphatic carbocycles. The third kappa shape index (κ3) is 4.50. The Balaban J connectivity index is 2.13. The van der Waals surface area contributed by atoms with E-state index < -0.39 is 0 Å². The van der Waals surface area contributed by atoms with E-state index in [-0.39, 0.29) is 6.04 Å². The first-order valence-corrected chi connectivity index (χ1v) is 7.39. The molecule has 1 heteroatoms. The molecule has 0 aliphatic rings. The van der Waals surface area contributed by atoms with Crippen molar-refractivity contribution in [2.75, 3.05) is 6.54 Å². The topological polar surface area (TPSA) is 12.0 Å². The minimum atomic E-state index is 0.278. The van der Waals surface area contributed by atoms with E-state index in [1.54, 1.807) is 0 Å². The van der Waals surface area contributed by atoms with Crippen LogP contribution in [-0.2, 0) is 0 Å². The van der Waals surface area contributed by atoms with Gasteiger partial charge in [-0.1, -0.05) is 81.4 Å². The zero-order chi connectivity index (χ0) is 14.4. The fraction of sp³-hybridized carbons (Fsp3) is 0.368. The summed E-state index contributed by atoms with van der Waals surface area (Å²) in [6.45, 7) is 7.89. The Kier molecular flexibility index (Phi) is 4.97. The lowest BCUT2D eigenvalue weighted by atomic mass is 9.91. The quantitative estimate of drug-likeness (QED) is 0.820. The molecule has 0 aliphatic heterocycles. The lowest BCUT2D eigenvalue weighted by Gasteiger charge is -2.23. The molecule has 1 N–H and O–H groups in total. The van der Waals surface area contributed by atoms with Crippen LogP contribution in [0.2, 0.25) is 0 Å². The van der Waals surface area contributed by atoms with Gasteiger partial charge in [0.1, 0.15) is 0 Å². The molecule has 0 heterocycles. The van der Waals surface area contributed by atoms with Crippen LogP contribution >= 0.6 is 0 Å². The minimum absolute atomic E-state index is 0.278. The molecule has 0 bridgehead atoms. The van der Waals surface area contributed by atoms with E-state index in [1.165, 1.54) is 17.5 Å². The summed E-state index contributed by atoms with van der Waals surface area (Å²) in [5, 5.41) is 3.71. The first kappa shape index (κ1) is 14.8. The van der Waals surface area contributed by atoms with Gasteiger partial charge in [-0.25, -0.2) is 0 Å². The third-order valence-corrected chi connectivity index (χ3v) is 3.49. The second kappa shape index (κ2) is 6.71. The van der Waals surface area contributed by atoms with E-state index in [9.17, 15) is 0 Å². The summed E-state index contributed by atoms with van der Waals surface area (Å²) >= 11 is 0. The maximum atomic E-state index is 3.71. The van der Waals surface area contributed by atoms with Gasteiger partial charge in [-0.15, -0.1) is 0 Å². The number of rotatable bonds is 5. The average Bonchev–Trinajstić information content (AvgIpc) is 2.44. The largest absolute Gasteiger partial charge is 0.306 e. The molecule has 0 unspecified atom stereocenters. The van der Waals surface area contributed by atoms with Crippen molar-refractivity contribution in [2.24, 2.45) is 5.41 Å². The third-order valence-electron chi connectivity index (χ3n) is 3.49. The molecule has 0 radical (unpaired) electrons. The summed E-state index contributed by atoms with van der Waals surface area (Å²) in [5.41, 5.74) is 3.02. The van der Waals surface area contributed by atoms with Crippen LogP contribution in [0.3, 0.4) is 0 Å². The van der Waals surface area contributed by atoms with Crippen LogP contribution in [0.15, 0.2) is 60.7 Å². The van der Waals surface area contributed by atoms with Gasteiger partial charge in [-0.05, 0) is 29.5 Å². The fourth-order valence-electron chi connectivity index (χ4n) is 2.31. The summed E-state index contributed by atoms with van der Waals surface area (Å²) in [6, 6.07) is 21.6. The number of benzene rings is 2. The van der Waals surface area contributed by atoms with Crippen molar-refractivity contribution in [3.63, 3.8) is 0 Å². The van der Waals surface area contributed by atoms with Gasteiger partial charge >= 0.3 is 0 Å². The van der Waals surface area contributed by atoms with Crippen LogP contribution in [0.1, 0.15) is 44.4 Å². The molecule has 0 spiro atoms. The Morgan fingerprint density at radius 3 is 1.65 bits per heavy atom. The Hall–Kier alpha value is -1.60. The highest BCUT2D eigenvalue weighted by Gasteiger charge is 2.15. The molecule has 2 rings (SSSR count). The zero-order valence-corrected chi connectivity index (χ0v) is 12.8. The Labute approximate surface area is 123 Å². The highest BCUT2D eigenvalue weighted by atomic mass is 14.9. The normalized spacial score (nSPS) is 11.8. The number of nitrogens with one attached hydrogen (secondary N) is 1. The summed E-state index contributed by atoms with van der Waals surface area (Å²) < 4.78 is 0. The van der Waals surface area contributed by atoms with E-state index in [2.05, 4.69) is 86.8 Å². The second-order valence-corrected chi connectivity index (χ2v) is 6.52. The molecule has 106 valence electrons. The Bertz CT molecular complexity index is 457. The van der Waals surface area contributed by atoms with Crippen LogP contribution < -0.4 is 5.32 Å². The van der Waals surface area contributed by atoms with Gasteiger partial charge in [0.15, 0.2) is 0 Å². The van der Waals surface area contributed by atoms with E-state index in [0.29, 0.717) is 5.41 Å². The molecule has 1 nitrogen and oxygen atoms in total. The van der Waals surface area contributed by atoms with Crippen molar-refractivity contribution < 1.29 is 0 Å². The Morgan fingerprint density at radius 1 is 0.800 bits per heavy atom. The fourth-order valence-corrected chi connectivity index (χ4v) is 2.31. The molecular formula is C19H25N. The number of hydrogen-bond donors (Lipinski definition) is 1. The molecule has 0 amide bonds. The predicted octanol–water partition coefficient (Wildman–Crippen LogP) is 4.80. The maximum absolute atomic E-state index is 3.71. The zero-order valence-electron chi connectivity index (χ0n) is 12.8. The highest BCUT2D eigenvalue weighted by Crippen LogP contribution is 2.23. The van der Waals surface area contributed by atoms with Crippen LogP contribution in [0.4, 0.5) is 0 Å². The van der Waals surface area contributed by atoms with Gasteiger partial charge in [0.25, 0.3) is 0 Å².